The third-order valence-electron chi connectivity index (χ3n) is 3.26. The molecule has 2 nitrogen and oxygen atoms in total. The molecule has 0 fully saturated rings. The molecule has 0 unspecified atom stereocenters. The molecule has 0 saturated carbocycles. The Morgan fingerprint density at radius 3 is 2.69 bits per heavy atom. The number of esters is 1. The summed E-state index contributed by atoms with van der Waals surface area (Å²) in [7, 11) is 0. The molecule has 0 aromatic rings. The van der Waals surface area contributed by atoms with Gasteiger partial charge in [0.05, 0.1) is 5.92 Å². The predicted molar refractivity (Wildman–Crippen MR) is 66.1 cm³/mol. The van der Waals surface area contributed by atoms with Crippen LogP contribution in [-0.4, -0.2) is 12.6 Å². The minimum absolute atomic E-state index is 0.0315. The van der Waals surface area contributed by atoms with Crippen molar-refractivity contribution in [3.8, 4) is 0 Å². The molecule has 1 atom stereocenters. The molecule has 0 amide bonds. The van der Waals surface area contributed by atoms with Gasteiger partial charge in [0.25, 0.3) is 0 Å². The van der Waals surface area contributed by atoms with E-state index >= 15 is 0 Å². The monoisotopic (exact) mass is 224 g/mol. The fraction of sp³-hybridized carbons (Fsp3) is 0.786. The largest absolute Gasteiger partial charge is 0.461 e. The first-order valence-corrected chi connectivity index (χ1v) is 6.17. The highest BCUT2D eigenvalue weighted by Crippen LogP contribution is 2.37. The maximum absolute atomic E-state index is 11.4. The lowest BCUT2D eigenvalue weighted by atomic mass is 9.73. The molecule has 16 heavy (non-hydrogen) atoms. The van der Waals surface area contributed by atoms with Crippen molar-refractivity contribution in [3.05, 3.63) is 11.6 Å². The third-order valence-corrected chi connectivity index (χ3v) is 3.26. The van der Waals surface area contributed by atoms with Gasteiger partial charge in [-0.15, -0.1) is 0 Å². The van der Waals surface area contributed by atoms with Crippen LogP contribution in [0.5, 0.6) is 0 Å². The van der Waals surface area contributed by atoms with Crippen molar-refractivity contribution in [2.24, 2.45) is 17.3 Å². The molecular formula is C14H24O2. The molecule has 0 radical (unpaired) electrons. The number of allylic oxidation sites excluding steroid dienone is 1. The van der Waals surface area contributed by atoms with Crippen LogP contribution < -0.4 is 0 Å². The van der Waals surface area contributed by atoms with Crippen molar-refractivity contribution in [1.82, 2.24) is 0 Å². The molecule has 1 aliphatic carbocycles. The van der Waals surface area contributed by atoms with Crippen LogP contribution in [0.3, 0.4) is 0 Å². The van der Waals surface area contributed by atoms with E-state index in [0.717, 1.165) is 6.42 Å². The number of carbonyl (C=O) groups excluding carboxylic acids is 1. The Labute approximate surface area is 99.1 Å². The molecular weight excluding hydrogens is 200 g/mol. The smallest absolute Gasteiger partial charge is 0.308 e. The van der Waals surface area contributed by atoms with E-state index in [4.69, 9.17) is 4.74 Å². The Morgan fingerprint density at radius 1 is 1.56 bits per heavy atom. The van der Waals surface area contributed by atoms with Gasteiger partial charge in [-0.1, -0.05) is 40.7 Å². The van der Waals surface area contributed by atoms with Gasteiger partial charge in [0.15, 0.2) is 0 Å². The topological polar surface area (TPSA) is 26.3 Å². The summed E-state index contributed by atoms with van der Waals surface area (Å²) in [6, 6.07) is 0. The van der Waals surface area contributed by atoms with Crippen molar-refractivity contribution in [2.75, 3.05) is 6.61 Å². The van der Waals surface area contributed by atoms with Crippen LogP contribution in [0.15, 0.2) is 11.6 Å². The summed E-state index contributed by atoms with van der Waals surface area (Å²) < 4.78 is 5.27. The van der Waals surface area contributed by atoms with Crippen molar-refractivity contribution in [2.45, 2.75) is 47.5 Å². The predicted octanol–water partition coefficient (Wildman–Crippen LogP) is 3.57. The zero-order valence-electron chi connectivity index (χ0n) is 11.2. The quantitative estimate of drug-likeness (QED) is 0.541. The summed E-state index contributed by atoms with van der Waals surface area (Å²) in [4.78, 5) is 11.4. The van der Waals surface area contributed by atoms with Crippen molar-refractivity contribution in [3.63, 3.8) is 0 Å². The van der Waals surface area contributed by atoms with E-state index in [-0.39, 0.29) is 11.9 Å². The van der Waals surface area contributed by atoms with Gasteiger partial charge in [0.1, 0.15) is 6.61 Å². The van der Waals surface area contributed by atoms with Crippen molar-refractivity contribution in [1.29, 1.82) is 0 Å². The minimum Gasteiger partial charge on any atom is -0.461 e. The summed E-state index contributed by atoms with van der Waals surface area (Å²) >= 11 is 0. The van der Waals surface area contributed by atoms with E-state index in [1.165, 1.54) is 12.0 Å². The Kier molecular flexibility index (Phi) is 4.17. The first-order chi connectivity index (χ1) is 7.32. The molecule has 0 spiro atoms. The van der Waals surface area contributed by atoms with Gasteiger partial charge in [-0.2, -0.15) is 0 Å². The Morgan fingerprint density at radius 2 is 2.19 bits per heavy atom. The first kappa shape index (κ1) is 13.3. The van der Waals surface area contributed by atoms with E-state index < -0.39 is 0 Å². The zero-order chi connectivity index (χ0) is 12.3. The normalized spacial score (nSPS) is 24.1. The molecule has 1 aliphatic rings. The van der Waals surface area contributed by atoms with Crippen molar-refractivity contribution < 1.29 is 9.53 Å². The number of rotatable bonds is 3. The molecule has 0 aromatic carbocycles. The fourth-order valence-electron chi connectivity index (χ4n) is 2.17. The van der Waals surface area contributed by atoms with Crippen LogP contribution in [0.25, 0.3) is 0 Å². The van der Waals surface area contributed by atoms with Crippen LogP contribution in [0.2, 0.25) is 0 Å². The number of hydrogen-bond donors (Lipinski definition) is 0. The summed E-state index contributed by atoms with van der Waals surface area (Å²) in [6.07, 6.45) is 4.52. The highest BCUT2D eigenvalue weighted by Gasteiger charge is 2.27. The van der Waals surface area contributed by atoms with Gasteiger partial charge >= 0.3 is 5.97 Å². The molecule has 92 valence electrons. The summed E-state index contributed by atoms with van der Waals surface area (Å²) in [6.45, 7) is 11.0. The third kappa shape index (κ3) is 3.66. The maximum Gasteiger partial charge on any atom is 0.308 e. The van der Waals surface area contributed by atoms with Gasteiger partial charge < -0.3 is 4.74 Å². The van der Waals surface area contributed by atoms with Crippen LogP contribution >= 0.6 is 0 Å². The minimum atomic E-state index is -0.0991. The summed E-state index contributed by atoms with van der Waals surface area (Å²) in [5.74, 6) is 0.401. The average molecular weight is 224 g/mol. The van der Waals surface area contributed by atoms with Gasteiger partial charge in [-0.3, -0.25) is 4.79 Å². The SMILES string of the molecule is CC(C)C(=O)OCC1=CCC(C)(C)C[C@@H]1C. The standard InChI is InChI=1S/C14H24O2/c1-10(2)13(15)16-9-12-6-7-14(4,5)8-11(12)3/h6,10-11H,7-9H2,1-5H3/t11-/m0/s1. The Balaban J connectivity index is 2.50. The second-order valence-corrected chi connectivity index (χ2v) is 6.01. The molecule has 0 N–H and O–H groups in total. The molecule has 0 bridgehead atoms. The van der Waals surface area contributed by atoms with E-state index in [2.05, 4.69) is 26.8 Å². The maximum atomic E-state index is 11.4. The van der Waals surface area contributed by atoms with Crippen LogP contribution in [0.1, 0.15) is 47.5 Å². The number of ether oxygens (including phenoxy) is 1. The van der Waals surface area contributed by atoms with Gasteiger partial charge in [-0.05, 0) is 29.7 Å². The lowest BCUT2D eigenvalue weighted by Crippen LogP contribution is -2.24. The van der Waals surface area contributed by atoms with Crippen LogP contribution in [0, 0.1) is 17.3 Å². The summed E-state index contributed by atoms with van der Waals surface area (Å²) in [5, 5.41) is 0. The van der Waals surface area contributed by atoms with Gasteiger partial charge in [0, 0.05) is 0 Å². The fourth-order valence-corrected chi connectivity index (χ4v) is 2.17. The molecule has 0 saturated heterocycles. The van der Waals surface area contributed by atoms with Gasteiger partial charge in [0.2, 0.25) is 0 Å². The molecule has 0 aliphatic heterocycles. The highest BCUT2D eigenvalue weighted by atomic mass is 16.5. The lowest BCUT2D eigenvalue weighted by molar-refractivity contribution is -0.146. The van der Waals surface area contributed by atoms with Crippen LogP contribution in [-0.2, 0) is 9.53 Å². The molecule has 0 aromatic heterocycles. The Hall–Kier alpha value is -0.790. The van der Waals surface area contributed by atoms with E-state index in [0.29, 0.717) is 17.9 Å². The van der Waals surface area contributed by atoms with E-state index in [1.807, 2.05) is 13.8 Å². The first-order valence-electron chi connectivity index (χ1n) is 6.17. The second-order valence-electron chi connectivity index (χ2n) is 6.01. The average Bonchev–Trinajstić information content (AvgIpc) is 2.14. The zero-order valence-corrected chi connectivity index (χ0v) is 11.2. The number of carbonyl (C=O) groups is 1. The van der Waals surface area contributed by atoms with E-state index in [1.54, 1.807) is 0 Å². The second kappa shape index (κ2) is 5.03. The molecule has 1 rings (SSSR count). The van der Waals surface area contributed by atoms with Gasteiger partial charge in [-0.25, -0.2) is 0 Å². The Bertz CT molecular complexity index is 287. The van der Waals surface area contributed by atoms with Crippen molar-refractivity contribution >= 4 is 5.97 Å². The van der Waals surface area contributed by atoms with Crippen LogP contribution in [0.4, 0.5) is 0 Å². The number of hydrogen-bond acceptors (Lipinski definition) is 2. The lowest BCUT2D eigenvalue weighted by Gasteiger charge is -2.33. The highest BCUT2D eigenvalue weighted by molar-refractivity contribution is 5.71. The van der Waals surface area contributed by atoms with E-state index in [9.17, 15) is 4.79 Å². The summed E-state index contributed by atoms with van der Waals surface area (Å²) in [5.41, 5.74) is 1.68. The molecule has 0 heterocycles. The molecule has 2 heteroatoms.